The molecule has 1 aliphatic heterocycles. The van der Waals surface area contributed by atoms with Gasteiger partial charge in [0.15, 0.2) is 0 Å². The van der Waals surface area contributed by atoms with Crippen molar-refractivity contribution in [3.8, 4) is 0 Å². The monoisotopic (exact) mass is 713 g/mol. The largest absolute Gasteiger partial charge is 0.476 e. The first-order chi connectivity index (χ1) is 24.1. The van der Waals surface area contributed by atoms with Crippen molar-refractivity contribution in [3.63, 3.8) is 0 Å². The number of hydrogen-bond acceptors (Lipinski definition) is 16. The van der Waals surface area contributed by atoms with Gasteiger partial charge in [-0.2, -0.15) is 0 Å². The summed E-state index contributed by atoms with van der Waals surface area (Å²) >= 11 is 0. The van der Waals surface area contributed by atoms with E-state index in [0.29, 0.717) is 138 Å². The second-order valence-electron chi connectivity index (χ2n) is 10.4. The number of hydrogen-bond donors (Lipinski definition) is 2. The van der Waals surface area contributed by atoms with Gasteiger partial charge in [-0.05, 0) is 25.9 Å². The molecule has 1 rings (SSSR count). The van der Waals surface area contributed by atoms with Gasteiger partial charge in [0.25, 0.3) is 0 Å². The van der Waals surface area contributed by atoms with E-state index in [4.69, 9.17) is 61.9 Å². The predicted molar refractivity (Wildman–Crippen MR) is 173 cm³/mol. The fraction of sp³-hybridized carbons (Fsp3) is 0.906. The summed E-state index contributed by atoms with van der Waals surface area (Å²) in [7, 11) is 0. The van der Waals surface area contributed by atoms with Crippen LogP contribution in [0.2, 0.25) is 0 Å². The summed E-state index contributed by atoms with van der Waals surface area (Å²) in [5.41, 5.74) is 0. The molecular weight excluding hydrogens is 654 g/mol. The highest BCUT2D eigenvalue weighted by Gasteiger charge is 2.14. The molecule has 0 amide bonds. The average Bonchev–Trinajstić information content (AvgIpc) is 3.11. The molecule has 1 saturated heterocycles. The van der Waals surface area contributed by atoms with Gasteiger partial charge in [-0.15, -0.1) is 0 Å². The van der Waals surface area contributed by atoms with E-state index in [1.165, 1.54) is 0 Å². The van der Waals surface area contributed by atoms with Gasteiger partial charge in [0.2, 0.25) is 5.78 Å². The SMILES string of the molecule is O=C(CCC(=O)C(=O)O)OCCOCCOCCOCCOCCOCCOCCOCCOCCOCCOCCOC1CCNCC1. The van der Waals surface area contributed by atoms with E-state index < -0.39 is 17.7 Å². The number of Topliss-reactive ketones (excluding diaryl/α,β-unsaturated/α-hetero) is 1. The van der Waals surface area contributed by atoms with Crippen molar-refractivity contribution in [2.24, 2.45) is 0 Å². The van der Waals surface area contributed by atoms with Crippen molar-refractivity contribution < 1.29 is 76.3 Å². The van der Waals surface area contributed by atoms with Crippen LogP contribution in [0.25, 0.3) is 0 Å². The lowest BCUT2D eigenvalue weighted by atomic mass is 10.1. The average molecular weight is 714 g/mol. The molecular formula is C32H59NO16. The number of esters is 1. The Bertz CT molecular complexity index is 771. The molecule has 0 aliphatic carbocycles. The smallest absolute Gasteiger partial charge is 0.372 e. The summed E-state index contributed by atoms with van der Waals surface area (Å²) in [6.45, 7) is 11.8. The highest BCUT2D eigenvalue weighted by Crippen LogP contribution is 2.06. The number of rotatable bonds is 38. The highest BCUT2D eigenvalue weighted by atomic mass is 16.6. The van der Waals surface area contributed by atoms with Crippen LogP contribution in [0.1, 0.15) is 25.7 Å². The summed E-state index contributed by atoms with van der Waals surface area (Å²) < 4.78 is 65.0. The van der Waals surface area contributed by atoms with Gasteiger partial charge in [0, 0.05) is 6.42 Å². The molecule has 1 heterocycles. The number of carbonyl (C=O) groups is 3. The molecule has 0 aromatic carbocycles. The molecule has 0 atom stereocenters. The Labute approximate surface area is 289 Å². The molecule has 0 saturated carbocycles. The summed E-state index contributed by atoms with van der Waals surface area (Å²) in [4.78, 5) is 32.6. The molecule has 1 aliphatic rings. The number of carbonyl (C=O) groups excluding carboxylic acids is 2. The van der Waals surface area contributed by atoms with Crippen molar-refractivity contribution in [2.75, 3.05) is 158 Å². The summed E-state index contributed by atoms with van der Waals surface area (Å²) in [6.07, 6.45) is 1.84. The van der Waals surface area contributed by atoms with Crippen LogP contribution < -0.4 is 5.32 Å². The van der Waals surface area contributed by atoms with E-state index in [2.05, 4.69) is 5.32 Å². The van der Waals surface area contributed by atoms with E-state index in [-0.39, 0.29) is 26.1 Å². The second kappa shape index (κ2) is 35.9. The summed E-state index contributed by atoms with van der Waals surface area (Å²) in [6, 6.07) is 0. The van der Waals surface area contributed by atoms with Crippen molar-refractivity contribution in [1.29, 1.82) is 0 Å². The van der Waals surface area contributed by atoms with E-state index in [9.17, 15) is 14.4 Å². The van der Waals surface area contributed by atoms with Crippen LogP contribution in [0.3, 0.4) is 0 Å². The van der Waals surface area contributed by atoms with Gasteiger partial charge in [0.05, 0.1) is 151 Å². The maximum atomic E-state index is 11.4. The van der Waals surface area contributed by atoms with Crippen molar-refractivity contribution in [1.82, 2.24) is 5.32 Å². The Kier molecular flexibility index (Phi) is 33.1. The number of piperidine rings is 1. The van der Waals surface area contributed by atoms with Crippen LogP contribution in [-0.2, 0) is 71.2 Å². The third-order valence-electron chi connectivity index (χ3n) is 6.50. The van der Waals surface area contributed by atoms with E-state index in [1.54, 1.807) is 0 Å². The quantitative estimate of drug-likeness (QED) is 0.0489. The van der Waals surface area contributed by atoms with Gasteiger partial charge < -0.3 is 67.3 Å². The first kappa shape index (κ1) is 45.2. The van der Waals surface area contributed by atoms with E-state index >= 15 is 0 Å². The van der Waals surface area contributed by atoms with E-state index in [1.807, 2.05) is 0 Å². The molecule has 17 heteroatoms. The predicted octanol–water partition coefficient (Wildman–Crippen LogP) is -0.102. The van der Waals surface area contributed by atoms with Gasteiger partial charge in [-0.3, -0.25) is 9.59 Å². The van der Waals surface area contributed by atoms with Crippen LogP contribution in [-0.4, -0.2) is 187 Å². The minimum atomic E-state index is -1.56. The van der Waals surface area contributed by atoms with Crippen LogP contribution in [0.4, 0.5) is 0 Å². The van der Waals surface area contributed by atoms with Gasteiger partial charge >= 0.3 is 11.9 Å². The van der Waals surface area contributed by atoms with Crippen molar-refractivity contribution in [2.45, 2.75) is 31.8 Å². The third-order valence-corrected chi connectivity index (χ3v) is 6.50. The molecule has 49 heavy (non-hydrogen) atoms. The molecule has 0 aromatic heterocycles. The molecule has 288 valence electrons. The maximum absolute atomic E-state index is 11.4. The minimum Gasteiger partial charge on any atom is -0.476 e. The van der Waals surface area contributed by atoms with Gasteiger partial charge in [0.1, 0.15) is 6.61 Å². The van der Waals surface area contributed by atoms with Crippen molar-refractivity contribution >= 4 is 17.7 Å². The molecule has 0 spiro atoms. The Balaban J connectivity index is 1.63. The Morgan fingerprint density at radius 3 is 1.08 bits per heavy atom. The van der Waals surface area contributed by atoms with Gasteiger partial charge in [-0.1, -0.05) is 0 Å². The lowest BCUT2D eigenvalue weighted by Crippen LogP contribution is -2.33. The third kappa shape index (κ3) is 33.1. The number of carboxylic acid groups (broad SMARTS) is 1. The molecule has 0 unspecified atom stereocenters. The topological polar surface area (TPSA) is 194 Å². The fourth-order valence-electron chi connectivity index (χ4n) is 3.93. The van der Waals surface area contributed by atoms with Crippen LogP contribution in [0.15, 0.2) is 0 Å². The summed E-state index contributed by atoms with van der Waals surface area (Å²) in [5.74, 6) is -3.24. The number of ketones is 1. The molecule has 0 radical (unpaired) electrons. The summed E-state index contributed by atoms with van der Waals surface area (Å²) in [5, 5.41) is 11.8. The minimum absolute atomic E-state index is 0.0144. The molecule has 0 bridgehead atoms. The Morgan fingerprint density at radius 2 is 0.755 bits per heavy atom. The van der Waals surface area contributed by atoms with Crippen LogP contribution in [0.5, 0.6) is 0 Å². The zero-order valence-electron chi connectivity index (χ0n) is 28.9. The molecule has 0 aromatic rings. The first-order valence-corrected chi connectivity index (χ1v) is 17.1. The number of aliphatic carboxylic acids is 1. The standard InChI is InChI=1S/C32H59NO16/c34-30(32(36)37)1-2-31(35)49-28-26-47-24-22-45-20-18-43-16-14-41-12-10-39-8-7-38-9-11-40-13-15-42-17-19-44-21-23-46-25-27-48-29-3-5-33-6-4-29/h29,33H,1-28H2,(H,36,37). The van der Waals surface area contributed by atoms with Crippen LogP contribution >= 0.6 is 0 Å². The number of nitrogens with one attached hydrogen (secondary N) is 1. The normalized spacial score (nSPS) is 13.6. The fourth-order valence-corrected chi connectivity index (χ4v) is 3.93. The van der Waals surface area contributed by atoms with Crippen LogP contribution in [0, 0.1) is 0 Å². The zero-order chi connectivity index (χ0) is 35.3. The molecule has 2 N–H and O–H groups in total. The highest BCUT2D eigenvalue weighted by molar-refractivity contribution is 6.32. The second-order valence-corrected chi connectivity index (χ2v) is 10.4. The molecule has 17 nitrogen and oxygen atoms in total. The van der Waals surface area contributed by atoms with Crippen molar-refractivity contribution in [3.05, 3.63) is 0 Å². The number of ether oxygens (including phenoxy) is 12. The Morgan fingerprint density at radius 1 is 0.449 bits per heavy atom. The zero-order valence-corrected chi connectivity index (χ0v) is 28.9. The maximum Gasteiger partial charge on any atom is 0.372 e. The lowest BCUT2D eigenvalue weighted by Gasteiger charge is -2.22. The Hall–Kier alpha value is -1.87. The lowest BCUT2D eigenvalue weighted by molar-refractivity contribution is -0.151. The van der Waals surface area contributed by atoms with Gasteiger partial charge in [-0.25, -0.2) is 4.79 Å². The number of carboxylic acids is 1. The molecule has 1 fully saturated rings. The van der Waals surface area contributed by atoms with E-state index in [0.717, 1.165) is 25.9 Å². The first-order valence-electron chi connectivity index (χ1n) is 17.1.